The van der Waals surface area contributed by atoms with Crippen LogP contribution < -0.4 is 10.9 Å². The normalized spacial score (nSPS) is 10.5. The molecule has 2 amide bonds. The molecule has 2 rings (SSSR count). The van der Waals surface area contributed by atoms with Crippen LogP contribution in [-0.2, 0) is 4.79 Å². The van der Waals surface area contributed by atoms with Gasteiger partial charge in [-0.2, -0.15) is 0 Å². The van der Waals surface area contributed by atoms with Crippen LogP contribution in [0.15, 0.2) is 54.6 Å². The summed E-state index contributed by atoms with van der Waals surface area (Å²) < 4.78 is 0. The van der Waals surface area contributed by atoms with Gasteiger partial charge in [-0.15, -0.1) is 0 Å². The number of rotatable bonds is 3. The molecule has 4 nitrogen and oxygen atoms in total. The van der Waals surface area contributed by atoms with Gasteiger partial charge >= 0.3 is 0 Å². The zero-order valence-electron chi connectivity index (χ0n) is 12.0. The van der Waals surface area contributed by atoms with E-state index < -0.39 is 11.8 Å². The number of carbonyl (C=O) groups excluding carboxylic acids is 2. The highest BCUT2D eigenvalue weighted by molar-refractivity contribution is 6.30. The quantitative estimate of drug-likeness (QED) is 0.675. The fourth-order valence-corrected chi connectivity index (χ4v) is 1.90. The van der Waals surface area contributed by atoms with Crippen LogP contribution in [0.4, 0.5) is 0 Å². The van der Waals surface area contributed by atoms with E-state index in [1.54, 1.807) is 30.3 Å². The molecule has 0 saturated carbocycles. The summed E-state index contributed by atoms with van der Waals surface area (Å²) in [6, 6.07) is 14.1. The van der Waals surface area contributed by atoms with Crippen LogP contribution in [0, 0.1) is 6.92 Å². The van der Waals surface area contributed by atoms with Crippen LogP contribution in [-0.4, -0.2) is 11.8 Å². The first-order valence-electron chi connectivity index (χ1n) is 6.66. The largest absolute Gasteiger partial charge is 0.269 e. The molecule has 0 aliphatic rings. The first-order valence-corrected chi connectivity index (χ1v) is 7.03. The average molecular weight is 315 g/mol. The van der Waals surface area contributed by atoms with Crippen molar-refractivity contribution in [2.24, 2.45) is 0 Å². The second kappa shape index (κ2) is 7.43. The molecule has 2 N–H and O–H groups in total. The van der Waals surface area contributed by atoms with Gasteiger partial charge < -0.3 is 0 Å². The molecule has 0 spiro atoms. The highest BCUT2D eigenvalue weighted by Gasteiger charge is 2.05. The molecule has 0 radical (unpaired) electrons. The number of hydrazine groups is 1. The molecular formula is C17H15ClN2O2. The molecule has 0 bridgehead atoms. The minimum atomic E-state index is -0.412. The first-order chi connectivity index (χ1) is 10.6. The molecule has 0 atom stereocenters. The Morgan fingerprint density at radius 3 is 2.36 bits per heavy atom. The van der Waals surface area contributed by atoms with Gasteiger partial charge in [0.1, 0.15) is 0 Å². The van der Waals surface area contributed by atoms with E-state index in [-0.39, 0.29) is 0 Å². The number of benzene rings is 2. The monoisotopic (exact) mass is 314 g/mol. The lowest BCUT2D eigenvalue weighted by atomic mass is 10.1. The molecule has 0 saturated heterocycles. The third kappa shape index (κ3) is 4.46. The van der Waals surface area contributed by atoms with E-state index in [1.165, 1.54) is 6.08 Å². The second-order valence-electron chi connectivity index (χ2n) is 4.64. The Morgan fingerprint density at radius 1 is 1.00 bits per heavy atom. The number of halogens is 1. The first kappa shape index (κ1) is 15.8. The molecule has 2 aromatic carbocycles. The van der Waals surface area contributed by atoms with E-state index in [4.69, 9.17) is 11.6 Å². The Labute approximate surface area is 133 Å². The number of nitrogens with one attached hydrogen (secondary N) is 2. The summed E-state index contributed by atoms with van der Waals surface area (Å²) >= 11 is 5.75. The van der Waals surface area contributed by atoms with Gasteiger partial charge in [-0.1, -0.05) is 35.9 Å². The molecule has 0 heterocycles. The van der Waals surface area contributed by atoms with Crippen molar-refractivity contribution in [2.45, 2.75) is 6.92 Å². The van der Waals surface area contributed by atoms with Gasteiger partial charge in [0.05, 0.1) is 0 Å². The van der Waals surface area contributed by atoms with Crippen LogP contribution >= 0.6 is 11.6 Å². The smallest absolute Gasteiger partial charge is 0.268 e. The molecular weight excluding hydrogens is 300 g/mol. The maximum Gasteiger partial charge on any atom is 0.269 e. The van der Waals surface area contributed by atoms with Gasteiger partial charge in [-0.05, 0) is 48.4 Å². The second-order valence-corrected chi connectivity index (χ2v) is 5.08. The summed E-state index contributed by atoms with van der Waals surface area (Å²) in [5.74, 6) is -0.820. The molecule has 5 heteroatoms. The Morgan fingerprint density at radius 2 is 1.68 bits per heavy atom. The maximum atomic E-state index is 11.8. The van der Waals surface area contributed by atoms with E-state index in [0.717, 1.165) is 11.1 Å². The van der Waals surface area contributed by atoms with E-state index in [1.807, 2.05) is 31.2 Å². The SMILES string of the molecule is Cc1ccccc1/C=C/C(=O)NNC(=O)c1ccc(Cl)cc1. The average Bonchev–Trinajstić information content (AvgIpc) is 2.52. The van der Waals surface area contributed by atoms with E-state index in [2.05, 4.69) is 10.9 Å². The molecule has 2 aromatic rings. The Hall–Kier alpha value is -2.59. The van der Waals surface area contributed by atoms with Gasteiger partial charge in [0, 0.05) is 16.7 Å². The number of aryl methyl sites for hydroxylation is 1. The number of amides is 2. The van der Waals surface area contributed by atoms with Crippen molar-refractivity contribution in [1.29, 1.82) is 0 Å². The lowest BCUT2D eigenvalue weighted by molar-refractivity contribution is -0.117. The number of hydrogen-bond donors (Lipinski definition) is 2. The summed E-state index contributed by atoms with van der Waals surface area (Å²) in [4.78, 5) is 23.5. The molecule has 0 fully saturated rings. The minimum absolute atomic E-state index is 0.408. The van der Waals surface area contributed by atoms with Gasteiger partial charge in [0.2, 0.25) is 0 Å². The van der Waals surface area contributed by atoms with Crippen molar-refractivity contribution >= 4 is 29.5 Å². The maximum absolute atomic E-state index is 11.8. The van der Waals surface area contributed by atoms with Gasteiger partial charge in [-0.25, -0.2) is 0 Å². The van der Waals surface area contributed by atoms with Crippen LogP contribution in [0.1, 0.15) is 21.5 Å². The standard InChI is InChI=1S/C17H15ClN2O2/c1-12-4-2-3-5-13(12)8-11-16(21)19-20-17(22)14-6-9-15(18)10-7-14/h2-11H,1H3,(H,19,21)(H,20,22)/b11-8+. The highest BCUT2D eigenvalue weighted by Crippen LogP contribution is 2.09. The lowest BCUT2D eigenvalue weighted by Crippen LogP contribution is -2.40. The molecule has 112 valence electrons. The van der Waals surface area contributed by atoms with Crippen molar-refractivity contribution < 1.29 is 9.59 Å². The van der Waals surface area contributed by atoms with E-state index >= 15 is 0 Å². The summed E-state index contributed by atoms with van der Waals surface area (Å²) in [6.07, 6.45) is 3.06. The fourth-order valence-electron chi connectivity index (χ4n) is 1.77. The van der Waals surface area contributed by atoms with E-state index in [9.17, 15) is 9.59 Å². The predicted molar refractivity (Wildman–Crippen MR) is 87.3 cm³/mol. The van der Waals surface area contributed by atoms with E-state index in [0.29, 0.717) is 10.6 Å². The summed E-state index contributed by atoms with van der Waals surface area (Å²) in [7, 11) is 0. The summed E-state index contributed by atoms with van der Waals surface area (Å²) in [5, 5.41) is 0.543. The van der Waals surface area contributed by atoms with Crippen molar-refractivity contribution in [3.05, 3.63) is 76.3 Å². The lowest BCUT2D eigenvalue weighted by Gasteiger charge is -2.05. The fraction of sp³-hybridized carbons (Fsp3) is 0.0588. The zero-order valence-corrected chi connectivity index (χ0v) is 12.7. The summed E-state index contributed by atoms with van der Waals surface area (Å²) in [5.41, 5.74) is 7.09. The predicted octanol–water partition coefficient (Wildman–Crippen LogP) is 3.12. The Kier molecular flexibility index (Phi) is 5.33. The molecule has 0 aromatic heterocycles. The minimum Gasteiger partial charge on any atom is -0.268 e. The Balaban J connectivity index is 1.89. The number of hydrogen-bond acceptors (Lipinski definition) is 2. The zero-order chi connectivity index (χ0) is 15.9. The van der Waals surface area contributed by atoms with Crippen molar-refractivity contribution in [1.82, 2.24) is 10.9 Å². The topological polar surface area (TPSA) is 58.2 Å². The summed E-state index contributed by atoms with van der Waals surface area (Å²) in [6.45, 7) is 1.96. The highest BCUT2D eigenvalue weighted by atomic mass is 35.5. The van der Waals surface area contributed by atoms with Crippen molar-refractivity contribution in [3.63, 3.8) is 0 Å². The van der Waals surface area contributed by atoms with Crippen LogP contribution in [0.25, 0.3) is 6.08 Å². The van der Waals surface area contributed by atoms with Gasteiger partial charge in [0.15, 0.2) is 0 Å². The molecule has 22 heavy (non-hydrogen) atoms. The van der Waals surface area contributed by atoms with Gasteiger partial charge in [-0.3, -0.25) is 20.4 Å². The van der Waals surface area contributed by atoms with Crippen LogP contribution in [0.3, 0.4) is 0 Å². The molecule has 0 unspecified atom stereocenters. The van der Waals surface area contributed by atoms with Crippen LogP contribution in [0.2, 0.25) is 5.02 Å². The third-order valence-corrected chi connectivity index (χ3v) is 3.26. The number of carbonyl (C=O) groups is 2. The third-order valence-electron chi connectivity index (χ3n) is 3.01. The van der Waals surface area contributed by atoms with Crippen molar-refractivity contribution in [3.8, 4) is 0 Å². The Bertz CT molecular complexity index is 709. The van der Waals surface area contributed by atoms with Gasteiger partial charge in [0.25, 0.3) is 11.8 Å². The molecule has 0 aliphatic carbocycles. The van der Waals surface area contributed by atoms with Crippen molar-refractivity contribution in [2.75, 3.05) is 0 Å². The van der Waals surface area contributed by atoms with Crippen LogP contribution in [0.5, 0.6) is 0 Å². The molecule has 0 aliphatic heterocycles.